The fraction of sp³-hybridized carbons (Fsp3) is 0.429. The molecule has 1 heterocycles. The lowest BCUT2D eigenvalue weighted by molar-refractivity contribution is -0.183. The summed E-state index contributed by atoms with van der Waals surface area (Å²) in [5.41, 5.74) is 0.230. The molecule has 0 radical (unpaired) electrons. The van der Waals surface area contributed by atoms with E-state index in [4.69, 9.17) is 12.2 Å². The molecule has 22 heavy (non-hydrogen) atoms. The number of benzene rings is 1. The number of halogens is 4. The van der Waals surface area contributed by atoms with Gasteiger partial charge in [-0.1, -0.05) is 0 Å². The van der Waals surface area contributed by atoms with Crippen molar-refractivity contribution in [2.45, 2.75) is 19.0 Å². The molecule has 1 N–H and O–H groups in total. The van der Waals surface area contributed by atoms with Gasteiger partial charge >= 0.3 is 6.18 Å². The first kappa shape index (κ1) is 16.7. The van der Waals surface area contributed by atoms with Crippen LogP contribution in [0, 0.1) is 11.7 Å². The molecule has 1 aromatic carbocycles. The SMILES string of the molecule is O=C(NC(=S)N1CCC(C(F)(F)F)CC1)c1ccc(F)cc1. The molecule has 0 spiro atoms. The van der Waals surface area contributed by atoms with E-state index in [9.17, 15) is 22.4 Å². The predicted molar refractivity (Wildman–Crippen MR) is 76.8 cm³/mol. The summed E-state index contributed by atoms with van der Waals surface area (Å²) in [5, 5.41) is 2.55. The van der Waals surface area contributed by atoms with Gasteiger partial charge in [-0.2, -0.15) is 13.2 Å². The Labute approximate surface area is 130 Å². The molecule has 1 aliphatic rings. The van der Waals surface area contributed by atoms with Gasteiger partial charge < -0.3 is 4.90 Å². The van der Waals surface area contributed by atoms with E-state index in [1.807, 2.05) is 0 Å². The average Bonchev–Trinajstić information content (AvgIpc) is 2.47. The summed E-state index contributed by atoms with van der Waals surface area (Å²) in [5.74, 6) is -2.30. The van der Waals surface area contributed by atoms with Crippen LogP contribution in [0.2, 0.25) is 0 Å². The molecular formula is C14H14F4N2OS. The van der Waals surface area contributed by atoms with Crippen LogP contribution >= 0.6 is 12.2 Å². The van der Waals surface area contributed by atoms with Crippen LogP contribution in [0.15, 0.2) is 24.3 Å². The van der Waals surface area contributed by atoms with Crippen LogP contribution < -0.4 is 5.32 Å². The van der Waals surface area contributed by atoms with Crippen LogP contribution in [0.4, 0.5) is 17.6 Å². The van der Waals surface area contributed by atoms with Gasteiger partial charge in [0.05, 0.1) is 5.92 Å². The minimum absolute atomic E-state index is 0.0456. The number of carbonyl (C=O) groups excluding carboxylic acids is 1. The summed E-state index contributed by atoms with van der Waals surface area (Å²) in [4.78, 5) is 13.4. The second-order valence-corrected chi connectivity index (χ2v) is 5.46. The molecule has 0 bridgehead atoms. The van der Waals surface area contributed by atoms with Gasteiger partial charge in [0.15, 0.2) is 5.11 Å². The van der Waals surface area contributed by atoms with Crippen molar-refractivity contribution >= 4 is 23.2 Å². The van der Waals surface area contributed by atoms with Gasteiger partial charge in [0.1, 0.15) is 5.82 Å². The molecule has 120 valence electrons. The summed E-state index contributed by atoms with van der Waals surface area (Å²) >= 11 is 5.05. The number of nitrogens with one attached hydrogen (secondary N) is 1. The van der Waals surface area contributed by atoms with Crippen molar-refractivity contribution in [1.82, 2.24) is 10.2 Å². The summed E-state index contributed by atoms with van der Waals surface area (Å²) in [7, 11) is 0. The molecule has 0 saturated carbocycles. The number of thiocarbonyl (C=S) groups is 1. The summed E-state index contributed by atoms with van der Waals surface area (Å²) in [6.07, 6.45) is -4.28. The third-order valence-electron chi connectivity index (χ3n) is 3.57. The van der Waals surface area contributed by atoms with E-state index in [-0.39, 0.29) is 36.6 Å². The third-order valence-corrected chi connectivity index (χ3v) is 3.93. The molecule has 3 nitrogen and oxygen atoms in total. The highest BCUT2D eigenvalue weighted by atomic mass is 32.1. The number of amides is 1. The quantitative estimate of drug-likeness (QED) is 0.633. The van der Waals surface area contributed by atoms with Crippen molar-refractivity contribution in [2.24, 2.45) is 5.92 Å². The van der Waals surface area contributed by atoms with Gasteiger partial charge in [-0.05, 0) is 49.3 Å². The topological polar surface area (TPSA) is 32.3 Å². The summed E-state index contributed by atoms with van der Waals surface area (Å²) in [6, 6.07) is 4.91. The lowest BCUT2D eigenvalue weighted by Gasteiger charge is -2.34. The van der Waals surface area contributed by atoms with E-state index >= 15 is 0 Å². The van der Waals surface area contributed by atoms with E-state index in [2.05, 4.69) is 5.32 Å². The smallest absolute Gasteiger partial charge is 0.349 e. The van der Waals surface area contributed by atoms with Crippen molar-refractivity contribution in [2.75, 3.05) is 13.1 Å². The average molecular weight is 334 g/mol. The molecule has 0 aliphatic carbocycles. The lowest BCUT2D eigenvalue weighted by atomic mass is 9.97. The van der Waals surface area contributed by atoms with E-state index in [1.54, 1.807) is 4.90 Å². The highest BCUT2D eigenvalue weighted by Gasteiger charge is 2.41. The number of likely N-dealkylation sites (tertiary alicyclic amines) is 1. The molecule has 1 amide bonds. The minimum atomic E-state index is -4.19. The Morgan fingerprint density at radius 3 is 2.23 bits per heavy atom. The van der Waals surface area contributed by atoms with Crippen molar-refractivity contribution in [3.63, 3.8) is 0 Å². The molecular weight excluding hydrogens is 320 g/mol. The zero-order chi connectivity index (χ0) is 16.3. The van der Waals surface area contributed by atoms with Crippen molar-refractivity contribution in [3.05, 3.63) is 35.6 Å². The summed E-state index contributed by atoms with van der Waals surface area (Å²) < 4.78 is 50.5. The van der Waals surface area contributed by atoms with Gasteiger partial charge in [0.25, 0.3) is 5.91 Å². The van der Waals surface area contributed by atoms with Gasteiger partial charge in [-0.15, -0.1) is 0 Å². The van der Waals surface area contributed by atoms with E-state index in [0.717, 1.165) is 12.1 Å². The highest BCUT2D eigenvalue weighted by Crippen LogP contribution is 2.34. The number of rotatable bonds is 1. The largest absolute Gasteiger partial charge is 0.391 e. The molecule has 0 atom stereocenters. The van der Waals surface area contributed by atoms with Crippen LogP contribution in [0.1, 0.15) is 23.2 Å². The zero-order valence-electron chi connectivity index (χ0n) is 11.5. The monoisotopic (exact) mass is 334 g/mol. The Balaban J connectivity index is 1.88. The van der Waals surface area contributed by atoms with Crippen molar-refractivity contribution < 1.29 is 22.4 Å². The first-order valence-electron chi connectivity index (χ1n) is 6.70. The van der Waals surface area contributed by atoms with Crippen LogP contribution in [0.3, 0.4) is 0 Å². The van der Waals surface area contributed by atoms with Gasteiger partial charge in [0.2, 0.25) is 0 Å². The van der Waals surface area contributed by atoms with Crippen LogP contribution in [0.25, 0.3) is 0 Å². The third kappa shape index (κ3) is 4.16. The number of piperidine rings is 1. The highest BCUT2D eigenvalue weighted by molar-refractivity contribution is 7.80. The molecule has 8 heteroatoms. The summed E-state index contributed by atoms with van der Waals surface area (Å²) in [6.45, 7) is 0.291. The fourth-order valence-electron chi connectivity index (χ4n) is 2.26. The second-order valence-electron chi connectivity index (χ2n) is 5.07. The van der Waals surface area contributed by atoms with E-state index in [1.165, 1.54) is 12.1 Å². The lowest BCUT2D eigenvalue weighted by Crippen LogP contribution is -2.47. The fourth-order valence-corrected chi connectivity index (χ4v) is 2.53. The second kappa shape index (κ2) is 6.60. The Morgan fingerprint density at radius 2 is 1.73 bits per heavy atom. The Kier molecular flexibility index (Phi) is 5.00. The number of nitrogens with zero attached hydrogens (tertiary/aromatic N) is 1. The minimum Gasteiger partial charge on any atom is -0.349 e. The Bertz CT molecular complexity index is 551. The zero-order valence-corrected chi connectivity index (χ0v) is 12.3. The molecule has 1 aliphatic heterocycles. The van der Waals surface area contributed by atoms with Gasteiger partial charge in [-0.25, -0.2) is 4.39 Å². The molecule has 1 fully saturated rings. The number of hydrogen-bond donors (Lipinski definition) is 1. The van der Waals surface area contributed by atoms with Crippen LogP contribution in [0.5, 0.6) is 0 Å². The van der Waals surface area contributed by atoms with Crippen LogP contribution in [-0.2, 0) is 0 Å². The Morgan fingerprint density at radius 1 is 1.18 bits per heavy atom. The first-order chi connectivity index (χ1) is 10.3. The van der Waals surface area contributed by atoms with Crippen molar-refractivity contribution in [1.29, 1.82) is 0 Å². The van der Waals surface area contributed by atoms with E-state index < -0.39 is 23.8 Å². The maximum absolute atomic E-state index is 12.8. The van der Waals surface area contributed by atoms with Gasteiger partial charge in [-0.3, -0.25) is 10.1 Å². The maximum atomic E-state index is 12.8. The molecule has 2 rings (SSSR count). The first-order valence-corrected chi connectivity index (χ1v) is 7.11. The molecule has 1 aromatic rings. The van der Waals surface area contributed by atoms with Crippen LogP contribution in [-0.4, -0.2) is 35.2 Å². The Hall–Kier alpha value is -1.70. The van der Waals surface area contributed by atoms with Gasteiger partial charge in [0, 0.05) is 18.7 Å². The predicted octanol–water partition coefficient (Wildman–Crippen LogP) is 3.11. The van der Waals surface area contributed by atoms with Crippen molar-refractivity contribution in [3.8, 4) is 0 Å². The normalized spacial score (nSPS) is 16.5. The van der Waals surface area contributed by atoms with E-state index in [0.29, 0.717) is 0 Å². The molecule has 0 unspecified atom stereocenters. The molecule has 0 aromatic heterocycles. The number of hydrogen-bond acceptors (Lipinski definition) is 2. The standard InChI is InChI=1S/C14H14F4N2OS/c15-11-3-1-9(2-4-11)12(21)19-13(22)20-7-5-10(6-8-20)14(16,17)18/h1-4,10H,5-8H2,(H,19,21,22). The number of alkyl halides is 3. The molecule has 1 saturated heterocycles. The maximum Gasteiger partial charge on any atom is 0.391 e. The number of carbonyl (C=O) groups is 1.